The molecule has 0 unspecified atom stereocenters. The first kappa shape index (κ1) is 20.7. The molecule has 4 aromatic carbocycles. The summed E-state index contributed by atoms with van der Waals surface area (Å²) in [5.41, 5.74) is 7.31. The van der Waals surface area contributed by atoms with Crippen LogP contribution in [0.25, 0.3) is 17.0 Å². The molecule has 0 radical (unpaired) electrons. The van der Waals surface area contributed by atoms with Crippen molar-refractivity contribution in [3.8, 4) is 6.07 Å². The normalized spacial score (nSPS) is 10.5. The molecule has 0 saturated heterocycles. The van der Waals surface area contributed by atoms with E-state index in [1.807, 2.05) is 30.4 Å². The Morgan fingerprint density at radius 3 is 2.03 bits per heavy atom. The second-order valence-electron chi connectivity index (χ2n) is 7.43. The summed E-state index contributed by atoms with van der Waals surface area (Å²) in [7, 11) is 0. The summed E-state index contributed by atoms with van der Waals surface area (Å²) in [5, 5.41) is 9.14. The Morgan fingerprint density at radius 2 is 1.41 bits per heavy atom. The van der Waals surface area contributed by atoms with Crippen molar-refractivity contribution in [3.05, 3.63) is 131 Å². The molecule has 0 heterocycles. The van der Waals surface area contributed by atoms with E-state index in [1.165, 1.54) is 5.56 Å². The summed E-state index contributed by atoms with van der Waals surface area (Å²) in [5.74, 6) is 0. The topological polar surface area (TPSA) is 31.4 Å². The van der Waals surface area contributed by atoms with E-state index in [2.05, 4.69) is 83.4 Å². The lowest BCUT2D eigenvalue weighted by molar-refractivity contribution is 1.27. The van der Waals surface area contributed by atoms with E-state index in [0.29, 0.717) is 11.3 Å². The number of nitrogens with zero attached hydrogens (tertiary/aromatic N) is 3. The van der Waals surface area contributed by atoms with Crippen molar-refractivity contribution in [2.75, 3.05) is 4.90 Å². The van der Waals surface area contributed by atoms with Gasteiger partial charge in [0, 0.05) is 17.1 Å². The fraction of sp³-hybridized carbons (Fsp3) is 0.0345. The van der Waals surface area contributed by atoms with Crippen LogP contribution in [0.2, 0.25) is 0 Å². The largest absolute Gasteiger partial charge is 0.311 e. The van der Waals surface area contributed by atoms with Crippen LogP contribution in [0.4, 0.5) is 22.7 Å². The van der Waals surface area contributed by atoms with Gasteiger partial charge in [0.25, 0.3) is 0 Å². The summed E-state index contributed by atoms with van der Waals surface area (Å²) in [6.45, 7) is 9.44. The molecule has 32 heavy (non-hydrogen) atoms. The molecule has 0 amide bonds. The Balaban J connectivity index is 1.66. The van der Waals surface area contributed by atoms with Crippen LogP contribution >= 0.6 is 0 Å². The van der Waals surface area contributed by atoms with E-state index in [1.54, 1.807) is 18.2 Å². The van der Waals surface area contributed by atoms with Crippen LogP contribution in [-0.4, -0.2) is 0 Å². The number of rotatable bonds is 5. The van der Waals surface area contributed by atoms with E-state index in [-0.39, 0.29) is 0 Å². The Labute approximate surface area is 188 Å². The maximum Gasteiger partial charge on any atom is 0.194 e. The number of nitriles is 1. The zero-order chi connectivity index (χ0) is 22.3. The highest BCUT2D eigenvalue weighted by Gasteiger charge is 2.11. The van der Waals surface area contributed by atoms with Crippen LogP contribution in [0.3, 0.4) is 0 Å². The molecule has 0 aliphatic carbocycles. The molecule has 0 aromatic heterocycles. The van der Waals surface area contributed by atoms with Gasteiger partial charge in [0.05, 0.1) is 18.2 Å². The van der Waals surface area contributed by atoms with E-state index in [9.17, 15) is 0 Å². The first-order chi connectivity index (χ1) is 15.7. The number of hydrogen-bond donors (Lipinski definition) is 0. The average molecular weight is 412 g/mol. The highest BCUT2D eigenvalue weighted by Crippen LogP contribution is 2.34. The van der Waals surface area contributed by atoms with Crippen molar-refractivity contribution >= 4 is 34.9 Å². The van der Waals surface area contributed by atoms with Gasteiger partial charge in [-0.25, -0.2) is 4.85 Å². The van der Waals surface area contributed by atoms with Crippen molar-refractivity contribution in [1.29, 1.82) is 5.26 Å². The zero-order valence-electron chi connectivity index (χ0n) is 17.7. The van der Waals surface area contributed by atoms with Crippen molar-refractivity contribution in [2.24, 2.45) is 0 Å². The minimum Gasteiger partial charge on any atom is -0.311 e. The highest BCUT2D eigenvalue weighted by atomic mass is 15.1. The minimum atomic E-state index is 0.534. The van der Waals surface area contributed by atoms with Gasteiger partial charge in [-0.1, -0.05) is 72.3 Å². The lowest BCUT2D eigenvalue weighted by Crippen LogP contribution is -2.09. The molecule has 4 rings (SSSR count). The van der Waals surface area contributed by atoms with Gasteiger partial charge in [-0.15, -0.1) is 0 Å². The summed E-state index contributed by atoms with van der Waals surface area (Å²) in [4.78, 5) is 5.77. The molecular formula is C29H21N3. The van der Waals surface area contributed by atoms with E-state index in [4.69, 9.17) is 11.8 Å². The van der Waals surface area contributed by atoms with Gasteiger partial charge in [-0.05, 0) is 60.5 Å². The molecule has 0 saturated carbocycles. The Kier molecular flexibility index (Phi) is 6.12. The number of anilines is 3. The van der Waals surface area contributed by atoms with E-state index < -0.39 is 0 Å². The molecule has 0 N–H and O–H groups in total. The van der Waals surface area contributed by atoms with Crippen molar-refractivity contribution in [2.45, 2.75) is 6.92 Å². The van der Waals surface area contributed by atoms with Crippen LogP contribution in [0.1, 0.15) is 22.3 Å². The number of para-hydroxylation sites is 1. The van der Waals surface area contributed by atoms with Crippen molar-refractivity contribution in [1.82, 2.24) is 0 Å². The van der Waals surface area contributed by atoms with Crippen LogP contribution in [0.5, 0.6) is 0 Å². The third kappa shape index (κ3) is 4.59. The van der Waals surface area contributed by atoms with E-state index >= 15 is 0 Å². The first-order valence-corrected chi connectivity index (χ1v) is 10.3. The monoisotopic (exact) mass is 411 g/mol. The molecule has 4 aromatic rings. The average Bonchev–Trinajstić information content (AvgIpc) is 2.85. The van der Waals surface area contributed by atoms with Crippen LogP contribution in [0.15, 0.2) is 97.1 Å². The molecule has 0 bridgehead atoms. The second-order valence-corrected chi connectivity index (χ2v) is 7.43. The van der Waals surface area contributed by atoms with Crippen LogP contribution in [-0.2, 0) is 0 Å². The van der Waals surface area contributed by atoms with Gasteiger partial charge in [0.2, 0.25) is 0 Å². The zero-order valence-corrected chi connectivity index (χ0v) is 17.7. The number of benzene rings is 4. The summed E-state index contributed by atoms with van der Waals surface area (Å²) >= 11 is 0. The number of aryl methyl sites for hydroxylation is 1. The maximum absolute atomic E-state index is 9.14. The summed E-state index contributed by atoms with van der Waals surface area (Å²) in [6.07, 6.45) is 3.85. The highest BCUT2D eigenvalue weighted by molar-refractivity contribution is 5.80. The molecular weight excluding hydrogens is 390 g/mol. The van der Waals surface area contributed by atoms with Gasteiger partial charge in [0.1, 0.15) is 0 Å². The molecule has 3 nitrogen and oxygen atoms in total. The maximum atomic E-state index is 9.14. The second kappa shape index (κ2) is 9.47. The molecule has 0 spiro atoms. The predicted octanol–water partition coefficient (Wildman–Crippen LogP) is 8.06. The van der Waals surface area contributed by atoms with Crippen molar-refractivity contribution in [3.63, 3.8) is 0 Å². The van der Waals surface area contributed by atoms with E-state index in [0.717, 1.165) is 28.2 Å². The first-order valence-electron chi connectivity index (χ1n) is 10.3. The SMILES string of the molecule is [C-]#[N+]c1ccc(C#N)cc1C=Cc1ccc(N(c2ccccc2)c2ccc(C)cc2)cc1. The van der Waals surface area contributed by atoms with Gasteiger partial charge in [-0.2, -0.15) is 5.26 Å². The molecule has 3 heteroatoms. The molecule has 0 aliphatic rings. The predicted molar refractivity (Wildman–Crippen MR) is 132 cm³/mol. The minimum absolute atomic E-state index is 0.534. The molecule has 0 atom stereocenters. The van der Waals surface area contributed by atoms with Gasteiger partial charge in [-0.3, -0.25) is 0 Å². The summed E-state index contributed by atoms with van der Waals surface area (Å²) < 4.78 is 0. The molecule has 0 fully saturated rings. The Morgan fingerprint density at radius 1 is 0.781 bits per heavy atom. The quantitative estimate of drug-likeness (QED) is 0.246. The van der Waals surface area contributed by atoms with Gasteiger partial charge < -0.3 is 4.90 Å². The fourth-order valence-electron chi connectivity index (χ4n) is 3.50. The Hall–Kier alpha value is -4.60. The smallest absolute Gasteiger partial charge is 0.194 e. The van der Waals surface area contributed by atoms with Crippen LogP contribution < -0.4 is 4.90 Å². The van der Waals surface area contributed by atoms with Gasteiger partial charge in [0.15, 0.2) is 5.69 Å². The lowest BCUT2D eigenvalue weighted by Gasteiger charge is -2.25. The molecule has 152 valence electrons. The fourth-order valence-corrected chi connectivity index (χ4v) is 3.50. The van der Waals surface area contributed by atoms with Gasteiger partial charge >= 0.3 is 0 Å². The molecule has 0 aliphatic heterocycles. The lowest BCUT2D eigenvalue weighted by atomic mass is 10.1. The number of hydrogen-bond acceptors (Lipinski definition) is 2. The third-order valence-corrected chi connectivity index (χ3v) is 5.19. The third-order valence-electron chi connectivity index (χ3n) is 5.19. The summed E-state index contributed by atoms with van der Waals surface area (Å²) in [6, 6.07) is 34.3. The van der Waals surface area contributed by atoms with Crippen LogP contribution in [0, 0.1) is 24.8 Å². The van der Waals surface area contributed by atoms with Crippen molar-refractivity contribution < 1.29 is 0 Å². The Bertz CT molecular complexity index is 1320. The standard InChI is InChI=1S/C29H21N3/c1-22-8-15-27(16-9-22)32(26-6-4-3-5-7-26)28-17-11-23(12-18-28)10-14-25-20-24(21-30)13-19-29(25)31-2/h3-20H,1H3.